The van der Waals surface area contributed by atoms with E-state index in [-0.39, 0.29) is 6.42 Å². The Kier molecular flexibility index (Phi) is 2.50. The van der Waals surface area contributed by atoms with Gasteiger partial charge >= 0.3 is 5.97 Å². The number of aryl methyl sites for hydroxylation is 1. The summed E-state index contributed by atoms with van der Waals surface area (Å²) < 4.78 is 4.91. The molecule has 0 bridgehead atoms. The SMILES string of the molecule is Cc1ccoc1[C@H](O)CC(=O)O. The summed E-state index contributed by atoms with van der Waals surface area (Å²) in [7, 11) is 0. The Labute approximate surface area is 69.4 Å². The average Bonchev–Trinajstić information content (AvgIpc) is 2.33. The fourth-order valence-corrected chi connectivity index (χ4v) is 0.984. The molecule has 2 N–H and O–H groups in total. The Hall–Kier alpha value is -1.29. The molecule has 0 saturated heterocycles. The van der Waals surface area contributed by atoms with Crippen molar-refractivity contribution in [3.05, 3.63) is 23.7 Å². The lowest BCUT2D eigenvalue weighted by Gasteiger charge is -2.04. The number of hydrogen-bond donors (Lipinski definition) is 2. The van der Waals surface area contributed by atoms with Crippen LogP contribution in [0.5, 0.6) is 0 Å². The monoisotopic (exact) mass is 170 g/mol. The summed E-state index contributed by atoms with van der Waals surface area (Å²) in [5.41, 5.74) is 0.767. The highest BCUT2D eigenvalue weighted by molar-refractivity contribution is 5.67. The molecule has 12 heavy (non-hydrogen) atoms. The molecule has 66 valence electrons. The van der Waals surface area contributed by atoms with Crippen molar-refractivity contribution in [1.82, 2.24) is 0 Å². The molecule has 4 nitrogen and oxygen atoms in total. The highest BCUT2D eigenvalue weighted by Crippen LogP contribution is 2.20. The molecule has 4 heteroatoms. The zero-order valence-corrected chi connectivity index (χ0v) is 6.65. The molecule has 0 aliphatic heterocycles. The third-order valence-electron chi connectivity index (χ3n) is 1.57. The van der Waals surface area contributed by atoms with E-state index in [2.05, 4.69) is 0 Å². The van der Waals surface area contributed by atoms with Crippen molar-refractivity contribution in [2.24, 2.45) is 0 Å². The van der Waals surface area contributed by atoms with Crippen LogP contribution in [0.1, 0.15) is 23.8 Å². The van der Waals surface area contributed by atoms with Crippen LogP contribution in [0, 0.1) is 6.92 Å². The van der Waals surface area contributed by atoms with Gasteiger partial charge in [0.15, 0.2) is 0 Å². The first-order valence-corrected chi connectivity index (χ1v) is 3.55. The normalized spacial score (nSPS) is 12.8. The first kappa shape index (κ1) is 8.80. The summed E-state index contributed by atoms with van der Waals surface area (Å²) in [6, 6.07) is 1.68. The Bertz CT molecular complexity index is 276. The molecule has 0 aliphatic carbocycles. The Balaban J connectivity index is 2.71. The van der Waals surface area contributed by atoms with E-state index >= 15 is 0 Å². The number of aliphatic hydroxyl groups is 1. The van der Waals surface area contributed by atoms with Gasteiger partial charge in [0.2, 0.25) is 0 Å². The summed E-state index contributed by atoms with van der Waals surface area (Å²) in [5.74, 6) is -0.712. The number of rotatable bonds is 3. The molecule has 1 atom stereocenters. The van der Waals surface area contributed by atoms with Crippen molar-refractivity contribution >= 4 is 5.97 Å². The average molecular weight is 170 g/mol. The molecule has 0 spiro atoms. The standard InChI is InChI=1S/C8H10O4/c1-5-2-3-12-8(5)6(9)4-7(10)11/h2-3,6,9H,4H2,1H3,(H,10,11)/t6-/m1/s1. The number of carboxylic acid groups (broad SMARTS) is 1. The summed E-state index contributed by atoms with van der Waals surface area (Å²) >= 11 is 0. The van der Waals surface area contributed by atoms with Crippen molar-refractivity contribution < 1.29 is 19.4 Å². The van der Waals surface area contributed by atoms with Crippen LogP contribution in [-0.2, 0) is 4.79 Å². The van der Waals surface area contributed by atoms with E-state index in [4.69, 9.17) is 9.52 Å². The number of furan rings is 1. The summed E-state index contributed by atoms with van der Waals surface area (Å²) in [4.78, 5) is 10.2. The number of carboxylic acids is 1. The van der Waals surface area contributed by atoms with Crippen LogP contribution < -0.4 is 0 Å². The smallest absolute Gasteiger partial charge is 0.306 e. The van der Waals surface area contributed by atoms with E-state index in [1.807, 2.05) is 0 Å². The second-order valence-electron chi connectivity index (χ2n) is 2.58. The molecule has 0 saturated carbocycles. The summed E-state index contributed by atoms with van der Waals surface area (Å²) in [6.45, 7) is 1.75. The maximum atomic E-state index is 10.2. The lowest BCUT2D eigenvalue weighted by atomic mass is 10.1. The largest absolute Gasteiger partial charge is 0.481 e. The highest BCUT2D eigenvalue weighted by Gasteiger charge is 2.16. The molecule has 0 fully saturated rings. The zero-order chi connectivity index (χ0) is 9.14. The Morgan fingerprint density at radius 3 is 2.83 bits per heavy atom. The molecule has 1 heterocycles. The molecular formula is C8H10O4. The minimum Gasteiger partial charge on any atom is -0.481 e. The van der Waals surface area contributed by atoms with Gasteiger partial charge in [-0.05, 0) is 18.6 Å². The minimum atomic E-state index is -1.04. The van der Waals surface area contributed by atoms with Crippen molar-refractivity contribution in [2.75, 3.05) is 0 Å². The van der Waals surface area contributed by atoms with E-state index in [9.17, 15) is 9.90 Å². The summed E-state index contributed by atoms with van der Waals surface area (Å²) in [5, 5.41) is 17.7. The van der Waals surface area contributed by atoms with Gasteiger partial charge in [0, 0.05) is 0 Å². The van der Waals surface area contributed by atoms with Crippen molar-refractivity contribution in [3.8, 4) is 0 Å². The topological polar surface area (TPSA) is 70.7 Å². The first-order valence-electron chi connectivity index (χ1n) is 3.55. The predicted molar refractivity (Wildman–Crippen MR) is 40.7 cm³/mol. The Morgan fingerprint density at radius 1 is 1.75 bits per heavy atom. The first-order chi connectivity index (χ1) is 5.61. The summed E-state index contributed by atoms with van der Waals surface area (Å²) in [6.07, 6.45) is 0.0573. The molecule has 0 aromatic carbocycles. The van der Waals surface area contributed by atoms with Gasteiger partial charge in [0.25, 0.3) is 0 Å². The maximum absolute atomic E-state index is 10.2. The third kappa shape index (κ3) is 1.85. The second-order valence-corrected chi connectivity index (χ2v) is 2.58. The molecule has 1 aromatic rings. The lowest BCUT2D eigenvalue weighted by molar-refractivity contribution is -0.139. The van der Waals surface area contributed by atoms with E-state index < -0.39 is 12.1 Å². The maximum Gasteiger partial charge on any atom is 0.306 e. The van der Waals surface area contributed by atoms with Crippen LogP contribution in [0.15, 0.2) is 16.7 Å². The van der Waals surface area contributed by atoms with Crippen molar-refractivity contribution in [2.45, 2.75) is 19.4 Å². The lowest BCUT2D eigenvalue weighted by Crippen LogP contribution is -2.05. The number of hydrogen-bond acceptors (Lipinski definition) is 3. The van der Waals surface area contributed by atoms with E-state index in [1.54, 1.807) is 13.0 Å². The third-order valence-corrected chi connectivity index (χ3v) is 1.57. The van der Waals surface area contributed by atoms with Crippen LogP contribution in [0.25, 0.3) is 0 Å². The van der Waals surface area contributed by atoms with E-state index in [0.29, 0.717) is 5.76 Å². The molecule has 0 radical (unpaired) electrons. The number of aliphatic hydroxyl groups excluding tert-OH is 1. The molecular weight excluding hydrogens is 160 g/mol. The van der Waals surface area contributed by atoms with Crippen LogP contribution in [0.2, 0.25) is 0 Å². The van der Waals surface area contributed by atoms with Gasteiger partial charge in [0.05, 0.1) is 12.7 Å². The quantitative estimate of drug-likeness (QED) is 0.712. The molecule has 1 rings (SSSR count). The van der Waals surface area contributed by atoms with E-state index in [1.165, 1.54) is 6.26 Å². The molecule has 0 amide bonds. The number of carbonyl (C=O) groups is 1. The van der Waals surface area contributed by atoms with Gasteiger partial charge in [-0.1, -0.05) is 0 Å². The van der Waals surface area contributed by atoms with Crippen molar-refractivity contribution in [3.63, 3.8) is 0 Å². The van der Waals surface area contributed by atoms with Gasteiger partial charge in [-0.25, -0.2) is 0 Å². The van der Waals surface area contributed by atoms with Crippen LogP contribution in [0.3, 0.4) is 0 Å². The van der Waals surface area contributed by atoms with Gasteiger partial charge in [-0.2, -0.15) is 0 Å². The molecule has 1 aromatic heterocycles. The number of aliphatic carboxylic acids is 1. The van der Waals surface area contributed by atoms with Gasteiger partial charge in [-0.15, -0.1) is 0 Å². The zero-order valence-electron chi connectivity index (χ0n) is 6.65. The predicted octanol–water partition coefficient (Wildman–Crippen LogP) is 1.10. The Morgan fingerprint density at radius 2 is 2.42 bits per heavy atom. The molecule has 0 aliphatic rings. The van der Waals surface area contributed by atoms with Gasteiger partial charge in [-0.3, -0.25) is 4.79 Å². The molecule has 0 unspecified atom stereocenters. The fourth-order valence-electron chi connectivity index (χ4n) is 0.984. The van der Waals surface area contributed by atoms with Gasteiger partial charge < -0.3 is 14.6 Å². The van der Waals surface area contributed by atoms with E-state index in [0.717, 1.165) is 5.56 Å². The fraction of sp³-hybridized carbons (Fsp3) is 0.375. The minimum absolute atomic E-state index is 0.325. The van der Waals surface area contributed by atoms with Gasteiger partial charge in [0.1, 0.15) is 11.9 Å². The highest BCUT2D eigenvalue weighted by atomic mass is 16.4. The van der Waals surface area contributed by atoms with Crippen LogP contribution in [-0.4, -0.2) is 16.2 Å². The second kappa shape index (κ2) is 3.40. The van der Waals surface area contributed by atoms with Crippen LogP contribution >= 0.6 is 0 Å². The van der Waals surface area contributed by atoms with Crippen molar-refractivity contribution in [1.29, 1.82) is 0 Å². The van der Waals surface area contributed by atoms with Crippen LogP contribution in [0.4, 0.5) is 0 Å².